The first-order valence-electron chi connectivity index (χ1n) is 5.00. The highest BCUT2D eigenvalue weighted by Crippen LogP contribution is 2.43. The molecule has 1 aliphatic carbocycles. The number of rotatable bonds is 2. The van der Waals surface area contributed by atoms with Crippen molar-refractivity contribution in [2.45, 2.75) is 19.0 Å². The summed E-state index contributed by atoms with van der Waals surface area (Å²) in [4.78, 5) is 10.9. The van der Waals surface area contributed by atoms with Crippen LogP contribution in [0.25, 0.3) is 0 Å². The van der Waals surface area contributed by atoms with Gasteiger partial charge in [0.15, 0.2) is 0 Å². The second kappa shape index (κ2) is 3.94. The summed E-state index contributed by atoms with van der Waals surface area (Å²) in [5.41, 5.74) is 6.56. The van der Waals surface area contributed by atoms with Gasteiger partial charge in [0.05, 0.1) is 0 Å². The van der Waals surface area contributed by atoms with Gasteiger partial charge in [0, 0.05) is 17.3 Å². The van der Waals surface area contributed by atoms with Crippen LogP contribution in [0.5, 0.6) is 0 Å². The lowest BCUT2D eigenvalue weighted by Gasteiger charge is -2.12. The minimum atomic E-state index is -4.89. The zero-order chi connectivity index (χ0) is 12.6. The van der Waals surface area contributed by atoms with Crippen LogP contribution in [-0.4, -0.2) is 12.1 Å². The summed E-state index contributed by atoms with van der Waals surface area (Å²) in [6, 6.07) is 4.57. The standard InChI is InChI=1S/C11H10F3N2O/c12-11(13,14)10(17)16-9-5-7(15)3-4-8(9)6-1-2-6/h3-5H,1-2,15H2,(H,16,17). The molecule has 1 amide bonds. The Morgan fingerprint density at radius 3 is 2.47 bits per heavy atom. The van der Waals surface area contributed by atoms with E-state index >= 15 is 0 Å². The van der Waals surface area contributed by atoms with Gasteiger partial charge in [0.2, 0.25) is 0 Å². The first-order valence-corrected chi connectivity index (χ1v) is 5.00. The number of alkyl halides is 3. The van der Waals surface area contributed by atoms with E-state index in [-0.39, 0.29) is 5.69 Å². The van der Waals surface area contributed by atoms with Crippen molar-refractivity contribution >= 4 is 17.3 Å². The Labute approximate surface area is 95.8 Å². The highest BCUT2D eigenvalue weighted by Gasteiger charge is 2.39. The van der Waals surface area contributed by atoms with Gasteiger partial charge < -0.3 is 11.1 Å². The van der Waals surface area contributed by atoms with Gasteiger partial charge in [-0.1, -0.05) is 6.07 Å². The maximum Gasteiger partial charge on any atom is 0.471 e. The highest BCUT2D eigenvalue weighted by molar-refractivity contribution is 5.96. The summed E-state index contributed by atoms with van der Waals surface area (Å²) in [6.07, 6.45) is -3.20. The summed E-state index contributed by atoms with van der Waals surface area (Å²) in [6.45, 7) is 0. The number of hydrogen-bond acceptors (Lipinski definition) is 2. The number of carbonyl (C=O) groups is 1. The fraction of sp³-hybridized carbons (Fsp3) is 0.273. The van der Waals surface area contributed by atoms with Gasteiger partial charge in [-0.2, -0.15) is 13.2 Å². The molecule has 0 unspecified atom stereocenters. The largest absolute Gasteiger partial charge is 0.471 e. The van der Waals surface area contributed by atoms with Gasteiger partial charge in [0.25, 0.3) is 0 Å². The summed E-state index contributed by atoms with van der Waals surface area (Å²) in [5.74, 6) is -0.951. The van der Waals surface area contributed by atoms with Gasteiger partial charge in [0.1, 0.15) is 0 Å². The molecule has 0 aliphatic heterocycles. The monoisotopic (exact) mass is 243 g/mol. The number of nitrogens with one attached hydrogen (secondary N) is 1. The second-order valence-electron chi connectivity index (χ2n) is 3.86. The van der Waals surface area contributed by atoms with Crippen molar-refractivity contribution in [3.63, 3.8) is 0 Å². The molecule has 0 aromatic heterocycles. The molecule has 6 heteroatoms. The summed E-state index contributed by atoms with van der Waals surface area (Å²) < 4.78 is 36.4. The first kappa shape index (κ1) is 11.8. The van der Waals surface area contributed by atoms with Gasteiger partial charge >= 0.3 is 12.1 Å². The van der Waals surface area contributed by atoms with Crippen LogP contribution < -0.4 is 11.1 Å². The average molecular weight is 243 g/mol. The Balaban J connectivity index is 2.25. The number of halogens is 3. The highest BCUT2D eigenvalue weighted by atomic mass is 19.4. The van der Waals surface area contributed by atoms with Crippen LogP contribution in [0.15, 0.2) is 18.2 Å². The Bertz CT molecular complexity index is 453. The normalized spacial score (nSPS) is 15.7. The summed E-state index contributed by atoms with van der Waals surface area (Å²) >= 11 is 0. The third-order valence-corrected chi connectivity index (χ3v) is 2.43. The minimum Gasteiger partial charge on any atom is -0.399 e. The smallest absolute Gasteiger partial charge is 0.399 e. The average Bonchev–Trinajstić information content (AvgIpc) is 3.00. The van der Waals surface area contributed by atoms with Gasteiger partial charge in [-0.3, -0.25) is 4.79 Å². The molecule has 0 atom stereocenters. The van der Waals surface area contributed by atoms with Crippen molar-refractivity contribution in [2.24, 2.45) is 0 Å². The van der Waals surface area contributed by atoms with E-state index in [2.05, 4.69) is 0 Å². The van der Waals surface area contributed by atoms with E-state index in [1.165, 1.54) is 6.07 Å². The molecule has 1 saturated carbocycles. The summed E-state index contributed by atoms with van der Waals surface area (Å²) in [7, 11) is 0. The second-order valence-corrected chi connectivity index (χ2v) is 3.86. The lowest BCUT2D eigenvalue weighted by molar-refractivity contribution is -0.167. The van der Waals surface area contributed by atoms with Crippen LogP contribution in [0.4, 0.5) is 24.5 Å². The topological polar surface area (TPSA) is 55.1 Å². The van der Waals surface area contributed by atoms with Crippen molar-refractivity contribution in [3.05, 3.63) is 29.7 Å². The van der Waals surface area contributed by atoms with Gasteiger partial charge in [-0.05, 0) is 30.5 Å². The van der Waals surface area contributed by atoms with E-state index in [9.17, 15) is 18.0 Å². The van der Waals surface area contributed by atoms with Crippen LogP contribution in [0.2, 0.25) is 0 Å². The SMILES string of the molecule is Nc1ccc([C]2CC2)c(NC(=O)C(F)(F)F)c1. The number of amides is 1. The van der Waals surface area contributed by atoms with Crippen LogP contribution in [0, 0.1) is 5.92 Å². The maximum absolute atomic E-state index is 12.1. The molecule has 17 heavy (non-hydrogen) atoms. The number of carbonyl (C=O) groups excluding carboxylic acids is 1. The van der Waals surface area contributed by atoms with E-state index in [1.807, 2.05) is 5.32 Å². The Morgan fingerprint density at radius 2 is 1.94 bits per heavy atom. The van der Waals surface area contributed by atoms with Crippen molar-refractivity contribution in [1.82, 2.24) is 0 Å². The molecule has 1 aliphatic rings. The number of hydrogen-bond donors (Lipinski definition) is 2. The van der Waals surface area contributed by atoms with Gasteiger partial charge in [-0.25, -0.2) is 0 Å². The third-order valence-electron chi connectivity index (χ3n) is 2.43. The van der Waals surface area contributed by atoms with Crippen LogP contribution in [0.3, 0.4) is 0 Å². The van der Waals surface area contributed by atoms with Crippen LogP contribution in [0.1, 0.15) is 18.4 Å². The molecule has 1 radical (unpaired) electrons. The van der Waals surface area contributed by atoms with Gasteiger partial charge in [-0.15, -0.1) is 0 Å². The molecule has 2 rings (SSSR count). The number of anilines is 2. The Hall–Kier alpha value is -1.72. The maximum atomic E-state index is 12.1. The molecule has 91 valence electrons. The van der Waals surface area contributed by atoms with Crippen LogP contribution >= 0.6 is 0 Å². The molecular formula is C11H10F3N2O. The molecule has 1 fully saturated rings. The molecule has 1 aromatic rings. The quantitative estimate of drug-likeness (QED) is 0.784. The van der Waals surface area contributed by atoms with Crippen LogP contribution in [-0.2, 0) is 4.79 Å². The predicted molar refractivity (Wildman–Crippen MR) is 57.1 cm³/mol. The van der Waals surface area contributed by atoms with Crippen molar-refractivity contribution < 1.29 is 18.0 Å². The van der Waals surface area contributed by atoms with E-state index in [1.54, 1.807) is 12.1 Å². The molecule has 0 bridgehead atoms. The number of nitrogen functional groups attached to an aromatic ring is 1. The fourth-order valence-corrected chi connectivity index (χ4v) is 1.50. The molecule has 3 nitrogen and oxygen atoms in total. The fourth-order valence-electron chi connectivity index (χ4n) is 1.50. The predicted octanol–water partition coefficient (Wildman–Crippen LogP) is 2.49. The molecule has 0 saturated heterocycles. The van der Waals surface area contributed by atoms with E-state index in [4.69, 9.17) is 5.73 Å². The van der Waals surface area contributed by atoms with Crippen molar-refractivity contribution in [3.8, 4) is 0 Å². The molecule has 0 heterocycles. The molecule has 3 N–H and O–H groups in total. The summed E-state index contributed by atoms with van der Waals surface area (Å²) in [5, 5.41) is 1.85. The molecular weight excluding hydrogens is 233 g/mol. The zero-order valence-electron chi connectivity index (χ0n) is 8.77. The van der Waals surface area contributed by atoms with E-state index < -0.39 is 12.1 Å². The Morgan fingerprint density at radius 1 is 1.29 bits per heavy atom. The lowest BCUT2D eigenvalue weighted by atomic mass is 10.1. The molecule has 0 spiro atoms. The van der Waals surface area contributed by atoms with Crippen molar-refractivity contribution in [2.75, 3.05) is 11.1 Å². The minimum absolute atomic E-state index is 0.125. The zero-order valence-corrected chi connectivity index (χ0v) is 8.77. The third kappa shape index (κ3) is 2.69. The Kier molecular flexibility index (Phi) is 2.73. The first-order chi connectivity index (χ1) is 7.88. The lowest BCUT2D eigenvalue weighted by Crippen LogP contribution is -2.30. The number of nitrogens with two attached hydrogens (primary N) is 1. The van der Waals surface area contributed by atoms with Crippen molar-refractivity contribution in [1.29, 1.82) is 0 Å². The van der Waals surface area contributed by atoms with E-state index in [0.717, 1.165) is 18.8 Å². The molecule has 1 aromatic carbocycles. The van der Waals surface area contributed by atoms with E-state index in [0.29, 0.717) is 11.3 Å². The number of benzene rings is 1.